The number of amides is 1. The molecule has 24 heavy (non-hydrogen) atoms. The third-order valence-corrected chi connectivity index (χ3v) is 4.43. The molecule has 0 bridgehead atoms. The van der Waals surface area contributed by atoms with E-state index in [0.717, 1.165) is 17.0 Å². The molecule has 0 unspecified atom stereocenters. The molecule has 0 radical (unpaired) electrons. The van der Waals surface area contributed by atoms with Gasteiger partial charge in [0.15, 0.2) is 0 Å². The number of rotatable bonds is 3. The zero-order chi connectivity index (χ0) is 17.9. The van der Waals surface area contributed by atoms with Gasteiger partial charge in [0.1, 0.15) is 0 Å². The third kappa shape index (κ3) is 4.25. The van der Waals surface area contributed by atoms with Gasteiger partial charge in [0.05, 0.1) is 12.2 Å². The number of aromatic nitrogens is 1. The summed E-state index contributed by atoms with van der Waals surface area (Å²) in [5.74, 6) is 0.151. The van der Waals surface area contributed by atoms with Crippen molar-refractivity contribution in [2.75, 3.05) is 6.61 Å². The van der Waals surface area contributed by atoms with Crippen LogP contribution in [0.3, 0.4) is 0 Å². The fourth-order valence-corrected chi connectivity index (χ4v) is 2.94. The second-order valence-electron chi connectivity index (χ2n) is 5.30. The van der Waals surface area contributed by atoms with Gasteiger partial charge in [-0.2, -0.15) is 13.2 Å². The van der Waals surface area contributed by atoms with Crippen LogP contribution in [0.25, 0.3) is 5.69 Å². The molecule has 0 aliphatic rings. The first-order chi connectivity index (χ1) is 11.2. The average Bonchev–Trinajstić information content (AvgIpc) is 2.91. The first kappa shape index (κ1) is 18.3. The van der Waals surface area contributed by atoms with Crippen LogP contribution < -0.4 is 4.80 Å². The lowest BCUT2D eigenvalue weighted by atomic mass is 10.2. The van der Waals surface area contributed by atoms with Crippen molar-refractivity contribution in [3.8, 4) is 5.69 Å². The van der Waals surface area contributed by atoms with Crippen molar-refractivity contribution in [3.05, 3.63) is 45.7 Å². The maximum Gasteiger partial charge on any atom is 0.436 e. The Kier molecular flexibility index (Phi) is 5.48. The number of hydrogen-bond acceptors (Lipinski definition) is 3. The number of alkyl halides is 3. The predicted molar refractivity (Wildman–Crippen MR) is 85.3 cm³/mol. The molecular weight excluding hydrogens is 341 g/mol. The van der Waals surface area contributed by atoms with Crippen LogP contribution in [0.4, 0.5) is 18.0 Å². The van der Waals surface area contributed by atoms with Crippen LogP contribution in [-0.2, 0) is 10.9 Å². The average molecular weight is 358 g/mol. The SMILES string of the molecule is CCOC(=O)/N=c1/sc(C(C)C)cn1-c1cccc(C(F)(F)F)c1. The number of benzene rings is 1. The van der Waals surface area contributed by atoms with E-state index in [9.17, 15) is 18.0 Å². The van der Waals surface area contributed by atoms with Crippen molar-refractivity contribution in [3.63, 3.8) is 0 Å². The van der Waals surface area contributed by atoms with Crippen LogP contribution in [0, 0.1) is 0 Å². The molecule has 2 aromatic rings. The largest absolute Gasteiger partial charge is 0.448 e. The van der Waals surface area contributed by atoms with E-state index < -0.39 is 17.8 Å². The number of carbonyl (C=O) groups is 1. The summed E-state index contributed by atoms with van der Waals surface area (Å²) in [4.78, 5) is 16.7. The number of ether oxygens (including phenoxy) is 1. The van der Waals surface area contributed by atoms with E-state index in [2.05, 4.69) is 4.99 Å². The number of nitrogens with zero attached hydrogens (tertiary/aromatic N) is 2. The van der Waals surface area contributed by atoms with E-state index in [1.54, 1.807) is 13.1 Å². The van der Waals surface area contributed by atoms with Crippen molar-refractivity contribution in [2.45, 2.75) is 32.9 Å². The van der Waals surface area contributed by atoms with Crippen LogP contribution in [-0.4, -0.2) is 17.3 Å². The molecule has 1 aromatic heterocycles. The number of thiazole rings is 1. The summed E-state index contributed by atoms with van der Waals surface area (Å²) in [5.41, 5.74) is -0.470. The fourth-order valence-electron chi connectivity index (χ4n) is 1.96. The van der Waals surface area contributed by atoms with Gasteiger partial charge in [-0.15, -0.1) is 16.3 Å². The minimum absolute atomic E-state index is 0.151. The molecule has 130 valence electrons. The van der Waals surface area contributed by atoms with E-state index in [4.69, 9.17) is 4.74 Å². The molecule has 0 N–H and O–H groups in total. The summed E-state index contributed by atoms with van der Waals surface area (Å²) in [5, 5.41) is 0. The molecule has 1 heterocycles. The summed E-state index contributed by atoms with van der Waals surface area (Å²) < 4.78 is 45.0. The van der Waals surface area contributed by atoms with Crippen molar-refractivity contribution < 1.29 is 22.7 Å². The smallest absolute Gasteiger partial charge is 0.436 e. The second kappa shape index (κ2) is 7.21. The number of halogens is 3. The van der Waals surface area contributed by atoms with Gasteiger partial charge in [-0.3, -0.25) is 4.57 Å². The van der Waals surface area contributed by atoms with Crippen LogP contribution in [0.1, 0.15) is 37.1 Å². The number of hydrogen-bond donors (Lipinski definition) is 0. The molecule has 0 aliphatic carbocycles. The van der Waals surface area contributed by atoms with Gasteiger partial charge >= 0.3 is 12.3 Å². The lowest BCUT2D eigenvalue weighted by Crippen LogP contribution is -2.16. The summed E-state index contributed by atoms with van der Waals surface area (Å²) in [7, 11) is 0. The van der Waals surface area contributed by atoms with Crippen LogP contribution in [0.15, 0.2) is 35.5 Å². The Morgan fingerprint density at radius 3 is 2.67 bits per heavy atom. The molecular formula is C16H17F3N2O2S. The Morgan fingerprint density at radius 2 is 2.08 bits per heavy atom. The van der Waals surface area contributed by atoms with Gasteiger partial charge < -0.3 is 4.74 Å². The lowest BCUT2D eigenvalue weighted by Gasteiger charge is -2.09. The maximum absolute atomic E-state index is 12.9. The van der Waals surface area contributed by atoms with Gasteiger partial charge in [-0.1, -0.05) is 19.9 Å². The summed E-state index contributed by atoms with van der Waals surface area (Å²) in [6.07, 6.45) is -3.51. The minimum Gasteiger partial charge on any atom is -0.448 e. The topological polar surface area (TPSA) is 43.6 Å². The predicted octanol–water partition coefficient (Wildman–Crippen LogP) is 4.74. The summed E-state index contributed by atoms with van der Waals surface area (Å²) in [6.45, 7) is 5.74. The van der Waals surface area contributed by atoms with Crippen molar-refractivity contribution in [1.29, 1.82) is 0 Å². The lowest BCUT2D eigenvalue weighted by molar-refractivity contribution is -0.137. The Hall–Kier alpha value is -2.09. The second-order valence-corrected chi connectivity index (χ2v) is 6.34. The summed E-state index contributed by atoms with van der Waals surface area (Å²) >= 11 is 1.24. The fraction of sp³-hybridized carbons (Fsp3) is 0.375. The maximum atomic E-state index is 12.9. The molecule has 4 nitrogen and oxygen atoms in total. The van der Waals surface area contributed by atoms with Crippen LogP contribution in [0.5, 0.6) is 0 Å². The Balaban J connectivity index is 2.59. The zero-order valence-electron chi connectivity index (χ0n) is 13.4. The van der Waals surface area contributed by atoms with E-state index in [1.165, 1.54) is 28.0 Å². The van der Waals surface area contributed by atoms with Crippen molar-refractivity contribution in [2.24, 2.45) is 4.99 Å². The standard InChI is InChI=1S/C16H17F3N2O2S/c1-4-23-15(22)20-14-21(9-13(24-14)10(2)3)12-7-5-6-11(8-12)16(17,18)19/h5-10H,4H2,1-3H3/b20-14+. The molecule has 1 aromatic carbocycles. The van der Waals surface area contributed by atoms with E-state index in [1.807, 2.05) is 13.8 Å². The van der Waals surface area contributed by atoms with Crippen LogP contribution >= 0.6 is 11.3 Å². The van der Waals surface area contributed by atoms with E-state index in [0.29, 0.717) is 0 Å². The zero-order valence-corrected chi connectivity index (χ0v) is 14.2. The highest BCUT2D eigenvalue weighted by atomic mass is 32.1. The third-order valence-electron chi connectivity index (χ3n) is 3.15. The normalized spacial score (nSPS) is 12.7. The first-order valence-corrected chi connectivity index (χ1v) is 8.15. The van der Waals surface area contributed by atoms with Gasteiger partial charge in [-0.05, 0) is 31.0 Å². The minimum atomic E-state index is -4.44. The molecule has 0 saturated carbocycles. The molecule has 0 saturated heterocycles. The molecule has 0 spiro atoms. The Morgan fingerprint density at radius 1 is 1.38 bits per heavy atom. The molecule has 8 heteroatoms. The van der Waals surface area contributed by atoms with Gasteiger partial charge in [-0.25, -0.2) is 4.79 Å². The van der Waals surface area contributed by atoms with E-state index in [-0.39, 0.29) is 23.0 Å². The van der Waals surface area contributed by atoms with Crippen LogP contribution in [0.2, 0.25) is 0 Å². The molecule has 0 fully saturated rings. The number of carbonyl (C=O) groups excluding carboxylic acids is 1. The molecule has 2 rings (SSSR count). The highest BCUT2D eigenvalue weighted by molar-refractivity contribution is 7.09. The highest BCUT2D eigenvalue weighted by Gasteiger charge is 2.30. The summed E-state index contributed by atoms with van der Waals surface area (Å²) in [6, 6.07) is 4.89. The highest BCUT2D eigenvalue weighted by Crippen LogP contribution is 2.30. The van der Waals surface area contributed by atoms with Gasteiger partial charge in [0.25, 0.3) is 0 Å². The molecule has 0 aliphatic heterocycles. The molecule has 1 amide bonds. The Bertz CT molecular complexity index is 791. The quantitative estimate of drug-likeness (QED) is 0.795. The first-order valence-electron chi connectivity index (χ1n) is 7.34. The monoisotopic (exact) mass is 358 g/mol. The Labute approximate surface area is 141 Å². The van der Waals surface area contributed by atoms with Crippen molar-refractivity contribution >= 4 is 17.4 Å². The van der Waals surface area contributed by atoms with Gasteiger partial charge in [0.2, 0.25) is 4.80 Å². The van der Waals surface area contributed by atoms with Gasteiger partial charge in [0, 0.05) is 16.8 Å². The van der Waals surface area contributed by atoms with E-state index >= 15 is 0 Å². The van der Waals surface area contributed by atoms with Crippen molar-refractivity contribution in [1.82, 2.24) is 4.57 Å². The molecule has 0 atom stereocenters.